The largest absolute Gasteiger partial charge is 0.384 e. The Balaban J connectivity index is 2.38. The number of nitrogens with one attached hydrogen (secondary N) is 3. The number of carbonyl (C=O) groups excluding carboxylic acids is 1. The monoisotopic (exact) mass is 321 g/mol. The molecule has 0 heterocycles. The Hall–Kier alpha value is -3.41. The zero-order chi connectivity index (χ0) is 17.7. The minimum Gasteiger partial charge on any atom is -0.384 e. The van der Waals surface area contributed by atoms with Gasteiger partial charge in [0.25, 0.3) is 5.91 Å². The van der Waals surface area contributed by atoms with Crippen LogP contribution in [0, 0.1) is 10.8 Å². The minimum atomic E-state index is -0.413. The fraction of sp³-hybridized carbons (Fsp3) is 0.0556. The molecule has 0 saturated carbocycles. The van der Waals surface area contributed by atoms with Crippen LogP contribution in [0.1, 0.15) is 18.1 Å². The van der Waals surface area contributed by atoms with E-state index < -0.39 is 5.91 Å². The first-order valence-corrected chi connectivity index (χ1v) is 7.26. The molecule has 1 amide bonds. The summed E-state index contributed by atoms with van der Waals surface area (Å²) in [6.45, 7) is 1.66. The number of rotatable bonds is 4. The van der Waals surface area contributed by atoms with Crippen LogP contribution in [-0.4, -0.2) is 17.7 Å². The molecular formula is C18H19N5O. The molecule has 0 spiro atoms. The molecule has 0 bridgehead atoms. The fourth-order valence-electron chi connectivity index (χ4n) is 2.23. The Morgan fingerprint density at radius 3 is 2.25 bits per heavy atom. The van der Waals surface area contributed by atoms with Gasteiger partial charge >= 0.3 is 0 Å². The van der Waals surface area contributed by atoms with E-state index in [0.717, 1.165) is 16.7 Å². The second-order valence-corrected chi connectivity index (χ2v) is 5.27. The molecule has 0 aromatic heterocycles. The predicted octanol–water partition coefficient (Wildman–Crippen LogP) is 2.05. The van der Waals surface area contributed by atoms with Gasteiger partial charge in [0.1, 0.15) is 5.84 Å². The van der Waals surface area contributed by atoms with Crippen LogP contribution < -0.4 is 16.8 Å². The molecule has 2 aromatic rings. The lowest BCUT2D eigenvalue weighted by Gasteiger charge is -2.09. The third kappa shape index (κ3) is 4.07. The number of guanidine groups is 1. The van der Waals surface area contributed by atoms with E-state index in [1.807, 2.05) is 36.4 Å². The fourth-order valence-corrected chi connectivity index (χ4v) is 2.23. The summed E-state index contributed by atoms with van der Waals surface area (Å²) >= 11 is 0. The molecule has 6 heteroatoms. The molecule has 0 radical (unpaired) electrons. The highest BCUT2D eigenvalue weighted by Crippen LogP contribution is 2.26. The molecule has 24 heavy (non-hydrogen) atoms. The van der Waals surface area contributed by atoms with E-state index in [9.17, 15) is 4.79 Å². The van der Waals surface area contributed by atoms with Crippen molar-refractivity contribution >= 4 is 23.8 Å². The normalized spacial score (nSPS) is 11.0. The van der Waals surface area contributed by atoms with Gasteiger partial charge in [-0.05, 0) is 29.7 Å². The highest BCUT2D eigenvalue weighted by atomic mass is 16.1. The number of amidine groups is 1. The number of hydrogen-bond donors (Lipinski definition) is 5. The van der Waals surface area contributed by atoms with Crippen molar-refractivity contribution in [1.29, 1.82) is 10.8 Å². The summed E-state index contributed by atoms with van der Waals surface area (Å²) in [6.07, 6.45) is 1.74. The highest BCUT2D eigenvalue weighted by molar-refractivity contribution is 6.06. The summed E-state index contributed by atoms with van der Waals surface area (Å²) < 4.78 is 0. The second kappa shape index (κ2) is 7.23. The molecule has 6 nitrogen and oxygen atoms in total. The van der Waals surface area contributed by atoms with Gasteiger partial charge in [0.2, 0.25) is 0 Å². The Bertz CT molecular complexity index is 822. The number of hydrogen-bond acceptors (Lipinski definition) is 3. The standard InChI is InChI=1S/C18H19N5O/c1-11(17(24)23-18(21)22)10-14-4-2-3-5-15(14)12-6-8-13(9-7-12)16(19)20/h2-10H,1H3,(H3,19,20)(H4,21,22,23,24)/b11-10+. The van der Waals surface area contributed by atoms with Gasteiger partial charge in [0, 0.05) is 11.1 Å². The van der Waals surface area contributed by atoms with Crippen molar-refractivity contribution in [3.05, 3.63) is 65.2 Å². The van der Waals surface area contributed by atoms with Crippen LogP contribution in [0.3, 0.4) is 0 Å². The number of carbonyl (C=O) groups is 1. The van der Waals surface area contributed by atoms with Gasteiger partial charge in [-0.25, -0.2) is 0 Å². The van der Waals surface area contributed by atoms with Gasteiger partial charge in [-0.15, -0.1) is 0 Å². The van der Waals surface area contributed by atoms with E-state index >= 15 is 0 Å². The van der Waals surface area contributed by atoms with Gasteiger partial charge in [-0.3, -0.25) is 20.9 Å². The van der Waals surface area contributed by atoms with Gasteiger partial charge in [0.05, 0.1) is 0 Å². The molecule has 0 unspecified atom stereocenters. The predicted molar refractivity (Wildman–Crippen MR) is 96.6 cm³/mol. The van der Waals surface area contributed by atoms with Crippen molar-refractivity contribution in [2.45, 2.75) is 6.92 Å². The Morgan fingerprint density at radius 1 is 1.04 bits per heavy atom. The lowest BCUT2D eigenvalue weighted by atomic mass is 9.97. The number of nitrogen functional groups attached to an aromatic ring is 1. The van der Waals surface area contributed by atoms with Crippen LogP contribution in [0.4, 0.5) is 0 Å². The first-order chi connectivity index (χ1) is 11.4. The zero-order valence-electron chi connectivity index (χ0n) is 13.3. The van der Waals surface area contributed by atoms with Crippen molar-refractivity contribution in [3.8, 4) is 11.1 Å². The first kappa shape index (κ1) is 17.0. The molecule has 0 saturated heterocycles. The van der Waals surface area contributed by atoms with Gasteiger partial charge in [-0.1, -0.05) is 48.5 Å². The summed E-state index contributed by atoms with van der Waals surface area (Å²) in [7, 11) is 0. The molecule has 2 rings (SSSR count). The van der Waals surface area contributed by atoms with Crippen molar-refractivity contribution < 1.29 is 4.79 Å². The molecule has 7 N–H and O–H groups in total. The van der Waals surface area contributed by atoms with E-state index in [1.165, 1.54) is 0 Å². The maximum Gasteiger partial charge on any atom is 0.253 e. The SMILES string of the molecule is C/C(=C\c1ccccc1-c1ccc(C(=N)N)cc1)C(=O)NC(=N)N. The first-order valence-electron chi connectivity index (χ1n) is 7.26. The van der Waals surface area contributed by atoms with Gasteiger partial charge in [0.15, 0.2) is 5.96 Å². The lowest BCUT2D eigenvalue weighted by molar-refractivity contribution is -0.116. The van der Waals surface area contributed by atoms with Crippen molar-refractivity contribution in [1.82, 2.24) is 5.32 Å². The van der Waals surface area contributed by atoms with Crippen LogP contribution in [0.25, 0.3) is 17.2 Å². The van der Waals surface area contributed by atoms with Crippen LogP contribution in [0.2, 0.25) is 0 Å². The van der Waals surface area contributed by atoms with E-state index in [4.69, 9.17) is 22.3 Å². The van der Waals surface area contributed by atoms with E-state index in [2.05, 4.69) is 5.32 Å². The van der Waals surface area contributed by atoms with E-state index in [1.54, 1.807) is 25.1 Å². The highest BCUT2D eigenvalue weighted by Gasteiger charge is 2.08. The maximum absolute atomic E-state index is 11.9. The van der Waals surface area contributed by atoms with E-state index in [0.29, 0.717) is 11.1 Å². The zero-order valence-corrected chi connectivity index (χ0v) is 13.3. The van der Waals surface area contributed by atoms with Crippen LogP contribution in [0.5, 0.6) is 0 Å². The summed E-state index contributed by atoms with van der Waals surface area (Å²) in [5.41, 5.74) is 14.5. The molecule has 0 aliphatic heterocycles. The Labute approximate surface area is 140 Å². The average Bonchev–Trinajstić information content (AvgIpc) is 2.54. The molecular weight excluding hydrogens is 302 g/mol. The summed E-state index contributed by atoms with van der Waals surface area (Å²) in [5, 5.41) is 16.8. The Morgan fingerprint density at radius 2 is 1.67 bits per heavy atom. The van der Waals surface area contributed by atoms with Crippen molar-refractivity contribution in [2.75, 3.05) is 0 Å². The molecule has 0 fully saturated rings. The van der Waals surface area contributed by atoms with Crippen LogP contribution >= 0.6 is 0 Å². The number of amides is 1. The van der Waals surface area contributed by atoms with Gasteiger partial charge < -0.3 is 11.5 Å². The van der Waals surface area contributed by atoms with Crippen LogP contribution in [-0.2, 0) is 4.79 Å². The summed E-state index contributed by atoms with van der Waals surface area (Å²) in [5.74, 6) is -0.781. The molecule has 0 atom stereocenters. The van der Waals surface area contributed by atoms with E-state index in [-0.39, 0.29) is 11.8 Å². The molecule has 122 valence electrons. The topological polar surface area (TPSA) is 129 Å². The number of nitrogens with two attached hydrogens (primary N) is 2. The minimum absolute atomic E-state index is 0.0199. The third-order valence-corrected chi connectivity index (χ3v) is 3.45. The van der Waals surface area contributed by atoms with Crippen LogP contribution in [0.15, 0.2) is 54.1 Å². The molecule has 2 aromatic carbocycles. The summed E-state index contributed by atoms with van der Waals surface area (Å²) in [4.78, 5) is 11.9. The maximum atomic E-state index is 11.9. The van der Waals surface area contributed by atoms with Crippen molar-refractivity contribution in [3.63, 3.8) is 0 Å². The quantitative estimate of drug-likeness (QED) is 0.336. The molecule has 0 aliphatic carbocycles. The second-order valence-electron chi connectivity index (χ2n) is 5.27. The molecule has 0 aliphatic rings. The van der Waals surface area contributed by atoms with Crippen molar-refractivity contribution in [2.24, 2.45) is 11.5 Å². The lowest BCUT2D eigenvalue weighted by Crippen LogP contribution is -2.36. The average molecular weight is 321 g/mol. The van der Waals surface area contributed by atoms with Gasteiger partial charge in [-0.2, -0.15) is 0 Å². The number of benzene rings is 2. The smallest absolute Gasteiger partial charge is 0.253 e. The summed E-state index contributed by atoms with van der Waals surface area (Å²) in [6, 6.07) is 15.0. The Kier molecular flexibility index (Phi) is 5.11. The third-order valence-electron chi connectivity index (χ3n) is 3.45.